The Labute approximate surface area is 163 Å². The molecule has 0 atom stereocenters. The minimum Gasteiger partial charge on any atom is -0.354 e. The summed E-state index contributed by atoms with van der Waals surface area (Å²) >= 11 is 5.76. The Bertz CT molecular complexity index is 1290. The van der Waals surface area contributed by atoms with Gasteiger partial charge in [-0.1, -0.05) is 11.6 Å². The number of nitro groups is 1. The third-order valence-corrected chi connectivity index (χ3v) is 5.24. The molecule has 0 aliphatic carbocycles. The second-order valence-electron chi connectivity index (χ2n) is 5.78. The number of nitro benzene ring substituents is 1. The van der Waals surface area contributed by atoms with Gasteiger partial charge in [0.25, 0.3) is 5.69 Å². The fraction of sp³-hybridized carbons (Fsp3) is 0.0588. The fourth-order valence-corrected chi connectivity index (χ4v) is 3.61. The van der Waals surface area contributed by atoms with Crippen LogP contribution in [-0.2, 0) is 9.84 Å². The normalized spacial score (nSPS) is 11.2. The number of hydrogen-bond acceptors (Lipinski definition) is 7. The highest BCUT2D eigenvalue weighted by Crippen LogP contribution is 2.35. The number of rotatable bonds is 4. The van der Waals surface area contributed by atoms with E-state index in [2.05, 4.69) is 10.3 Å². The van der Waals surface area contributed by atoms with Crippen LogP contribution in [-0.4, -0.2) is 24.6 Å². The van der Waals surface area contributed by atoms with Gasteiger partial charge in [0.15, 0.2) is 9.84 Å². The van der Waals surface area contributed by atoms with Crippen LogP contribution < -0.4 is 5.32 Å². The van der Waals surface area contributed by atoms with Gasteiger partial charge in [-0.3, -0.25) is 15.1 Å². The first-order valence-corrected chi connectivity index (χ1v) is 9.82. The molecule has 1 aromatic heterocycles. The van der Waals surface area contributed by atoms with Gasteiger partial charge in [-0.25, -0.2) is 12.8 Å². The number of non-ortho nitro benzene ring substituents is 1. The number of fused-ring (bicyclic) bond motifs is 1. The summed E-state index contributed by atoms with van der Waals surface area (Å²) in [7, 11) is -3.86. The molecule has 142 valence electrons. The van der Waals surface area contributed by atoms with Crippen LogP contribution in [0.15, 0.2) is 41.4 Å². The van der Waals surface area contributed by atoms with E-state index in [1.54, 1.807) is 0 Å². The van der Waals surface area contributed by atoms with E-state index in [9.17, 15) is 28.2 Å². The second-order valence-corrected chi connectivity index (χ2v) is 8.17. The van der Waals surface area contributed by atoms with E-state index in [-0.39, 0.29) is 32.1 Å². The van der Waals surface area contributed by atoms with Crippen LogP contribution in [0, 0.1) is 27.3 Å². The maximum atomic E-state index is 13.4. The summed E-state index contributed by atoms with van der Waals surface area (Å²) in [4.78, 5) is 14.2. The molecule has 0 unspecified atom stereocenters. The van der Waals surface area contributed by atoms with Crippen LogP contribution >= 0.6 is 11.6 Å². The van der Waals surface area contributed by atoms with E-state index in [0.29, 0.717) is 5.69 Å². The lowest BCUT2D eigenvalue weighted by molar-refractivity contribution is -0.384. The summed E-state index contributed by atoms with van der Waals surface area (Å²) in [5.74, 6) is -0.651. The minimum atomic E-state index is -3.86. The largest absolute Gasteiger partial charge is 0.354 e. The minimum absolute atomic E-state index is 0.00731. The van der Waals surface area contributed by atoms with Crippen molar-refractivity contribution >= 4 is 49.4 Å². The standard InChI is InChI=1S/C17H10ClFN4O4S/c1-28(26,27)15-6-11(23(24)25)5-12-16(9(7-20)8-21-17(12)15)22-10-2-3-14(19)13(18)4-10/h2-6,8H,1H3,(H,21,22). The molecule has 0 amide bonds. The Morgan fingerprint density at radius 1 is 1.32 bits per heavy atom. The zero-order valence-electron chi connectivity index (χ0n) is 14.1. The summed E-state index contributed by atoms with van der Waals surface area (Å²) in [5, 5.41) is 23.4. The molecule has 8 nitrogen and oxygen atoms in total. The first-order valence-electron chi connectivity index (χ1n) is 7.55. The van der Waals surface area contributed by atoms with Crippen LogP contribution in [0.4, 0.5) is 21.5 Å². The lowest BCUT2D eigenvalue weighted by atomic mass is 10.1. The third-order valence-electron chi connectivity index (χ3n) is 3.84. The zero-order valence-corrected chi connectivity index (χ0v) is 15.7. The van der Waals surface area contributed by atoms with E-state index in [4.69, 9.17) is 11.6 Å². The van der Waals surface area contributed by atoms with Crippen molar-refractivity contribution in [2.45, 2.75) is 4.90 Å². The number of benzene rings is 2. The van der Waals surface area contributed by atoms with E-state index in [1.807, 2.05) is 6.07 Å². The topological polar surface area (TPSA) is 126 Å². The van der Waals surface area contributed by atoms with E-state index in [0.717, 1.165) is 30.7 Å². The molecule has 0 aliphatic rings. The van der Waals surface area contributed by atoms with Crippen molar-refractivity contribution in [1.82, 2.24) is 4.98 Å². The molecule has 1 heterocycles. The maximum Gasteiger partial charge on any atom is 0.271 e. The fourth-order valence-electron chi connectivity index (χ4n) is 2.58. The Morgan fingerprint density at radius 2 is 2.04 bits per heavy atom. The summed E-state index contributed by atoms with van der Waals surface area (Å²) in [6.45, 7) is 0. The average Bonchev–Trinajstić information content (AvgIpc) is 2.63. The molecule has 0 fully saturated rings. The predicted molar refractivity (Wildman–Crippen MR) is 101 cm³/mol. The van der Waals surface area contributed by atoms with E-state index < -0.39 is 26.3 Å². The molecule has 3 aromatic rings. The number of halogens is 2. The van der Waals surface area contributed by atoms with Gasteiger partial charge >= 0.3 is 0 Å². The highest BCUT2D eigenvalue weighted by Gasteiger charge is 2.22. The van der Waals surface area contributed by atoms with Gasteiger partial charge in [0.05, 0.1) is 31.6 Å². The van der Waals surface area contributed by atoms with E-state index >= 15 is 0 Å². The van der Waals surface area contributed by atoms with Gasteiger partial charge in [-0.05, 0) is 18.2 Å². The number of pyridine rings is 1. The Balaban J connectivity index is 2.36. The summed E-state index contributed by atoms with van der Waals surface area (Å²) < 4.78 is 37.6. The molecule has 2 aromatic carbocycles. The molecule has 11 heteroatoms. The monoisotopic (exact) mass is 420 g/mol. The number of nitrogens with one attached hydrogen (secondary N) is 1. The van der Waals surface area contributed by atoms with Gasteiger partial charge in [0.2, 0.25) is 0 Å². The maximum absolute atomic E-state index is 13.4. The zero-order chi connectivity index (χ0) is 20.6. The van der Waals surface area contributed by atoms with E-state index in [1.165, 1.54) is 12.1 Å². The van der Waals surface area contributed by atoms with Crippen LogP contribution in [0.3, 0.4) is 0 Å². The lowest BCUT2D eigenvalue weighted by Gasteiger charge is -2.13. The Kier molecular flexibility index (Phi) is 4.89. The van der Waals surface area contributed by atoms with Crippen LogP contribution in [0.5, 0.6) is 0 Å². The van der Waals surface area contributed by atoms with Gasteiger partial charge in [0, 0.05) is 35.7 Å². The third kappa shape index (κ3) is 3.58. The number of hydrogen-bond donors (Lipinski definition) is 1. The van der Waals surface area contributed by atoms with Crippen molar-refractivity contribution in [2.75, 3.05) is 11.6 Å². The molecular formula is C17H10ClFN4O4S. The first kappa shape index (κ1) is 19.5. The molecule has 28 heavy (non-hydrogen) atoms. The molecule has 3 rings (SSSR count). The Hall–Kier alpha value is -3.29. The van der Waals surface area contributed by atoms with Crippen molar-refractivity contribution in [1.29, 1.82) is 5.26 Å². The molecule has 0 bridgehead atoms. The Morgan fingerprint density at radius 3 is 2.61 bits per heavy atom. The van der Waals surface area contributed by atoms with Gasteiger partial charge in [0.1, 0.15) is 11.9 Å². The molecular weight excluding hydrogens is 411 g/mol. The number of sulfone groups is 1. The molecule has 0 spiro atoms. The van der Waals surface area contributed by atoms with Crippen molar-refractivity contribution in [2.24, 2.45) is 0 Å². The van der Waals surface area contributed by atoms with Crippen LogP contribution in [0.1, 0.15) is 5.56 Å². The van der Waals surface area contributed by atoms with Crippen LogP contribution in [0.2, 0.25) is 5.02 Å². The van der Waals surface area contributed by atoms with Gasteiger partial charge in [-0.15, -0.1) is 0 Å². The first-order chi connectivity index (χ1) is 13.1. The highest BCUT2D eigenvalue weighted by atomic mass is 35.5. The van der Waals surface area contributed by atoms with Crippen molar-refractivity contribution in [3.63, 3.8) is 0 Å². The smallest absolute Gasteiger partial charge is 0.271 e. The van der Waals surface area contributed by atoms with Gasteiger partial charge < -0.3 is 5.32 Å². The molecule has 0 aliphatic heterocycles. The van der Waals surface area contributed by atoms with Crippen molar-refractivity contribution in [3.05, 3.63) is 63.0 Å². The predicted octanol–water partition coefficient (Wildman–Crippen LogP) is 3.95. The molecule has 1 N–H and O–H groups in total. The van der Waals surface area contributed by atoms with Crippen molar-refractivity contribution in [3.8, 4) is 6.07 Å². The summed E-state index contributed by atoms with van der Waals surface area (Å²) in [6.07, 6.45) is 2.05. The van der Waals surface area contributed by atoms with Crippen molar-refractivity contribution < 1.29 is 17.7 Å². The quantitative estimate of drug-likeness (QED) is 0.500. The number of aromatic nitrogens is 1. The SMILES string of the molecule is CS(=O)(=O)c1cc([N+](=O)[O-])cc2c(Nc3ccc(F)c(Cl)c3)c(C#N)cnc12. The molecule has 0 saturated heterocycles. The van der Waals surface area contributed by atoms with Crippen LogP contribution in [0.25, 0.3) is 10.9 Å². The number of anilines is 2. The summed E-state index contributed by atoms with van der Waals surface area (Å²) in [6, 6.07) is 7.63. The van der Waals surface area contributed by atoms with Gasteiger partial charge in [-0.2, -0.15) is 5.26 Å². The second kappa shape index (κ2) is 7.03. The molecule has 0 saturated carbocycles. The lowest BCUT2D eigenvalue weighted by Crippen LogP contribution is -2.04. The number of nitriles is 1. The summed E-state index contributed by atoms with van der Waals surface area (Å²) in [5.41, 5.74) is -0.132. The molecule has 0 radical (unpaired) electrons. The highest BCUT2D eigenvalue weighted by molar-refractivity contribution is 7.91. The number of nitrogens with zero attached hydrogens (tertiary/aromatic N) is 3. The average molecular weight is 421 g/mol.